The van der Waals surface area contributed by atoms with Gasteiger partial charge >= 0.3 is 0 Å². The van der Waals surface area contributed by atoms with Gasteiger partial charge in [-0.15, -0.1) is 0 Å². The highest BCUT2D eigenvalue weighted by molar-refractivity contribution is 9.09. The van der Waals surface area contributed by atoms with Crippen LogP contribution < -0.4 is 5.32 Å². The molecule has 0 spiro atoms. The first-order valence-corrected chi connectivity index (χ1v) is 6.52. The van der Waals surface area contributed by atoms with E-state index in [0.29, 0.717) is 0 Å². The predicted molar refractivity (Wildman–Crippen MR) is 66.3 cm³/mol. The minimum Gasteiger partial charge on any atom is -0.349 e. The Kier molecular flexibility index (Phi) is 5.55. The molecule has 1 aromatic carbocycles. The van der Waals surface area contributed by atoms with Crippen molar-refractivity contribution >= 4 is 21.8 Å². The number of halogens is 3. The third kappa shape index (κ3) is 4.07. The molecule has 1 aromatic rings. The fourth-order valence-corrected chi connectivity index (χ4v) is 1.97. The predicted octanol–water partition coefficient (Wildman–Crippen LogP) is 3.26. The number of hydrogen-bond acceptors (Lipinski definition) is 1. The highest BCUT2D eigenvalue weighted by Crippen LogP contribution is 2.09. The van der Waals surface area contributed by atoms with E-state index in [2.05, 4.69) is 21.2 Å². The van der Waals surface area contributed by atoms with Gasteiger partial charge in [-0.05, 0) is 31.0 Å². The molecule has 0 radical (unpaired) electrons. The van der Waals surface area contributed by atoms with E-state index in [-0.39, 0.29) is 17.5 Å². The lowest BCUT2D eigenvalue weighted by atomic mass is 10.1. The Morgan fingerprint density at radius 3 is 2.65 bits per heavy atom. The highest BCUT2D eigenvalue weighted by atomic mass is 79.9. The van der Waals surface area contributed by atoms with Gasteiger partial charge in [0.25, 0.3) is 5.91 Å². The van der Waals surface area contributed by atoms with Crippen molar-refractivity contribution in [2.45, 2.75) is 25.8 Å². The van der Waals surface area contributed by atoms with Crippen molar-refractivity contribution < 1.29 is 13.6 Å². The number of alkyl halides is 1. The monoisotopic (exact) mass is 305 g/mol. The van der Waals surface area contributed by atoms with Crippen LogP contribution in [0.25, 0.3) is 0 Å². The number of amides is 1. The lowest BCUT2D eigenvalue weighted by Gasteiger charge is -2.15. The van der Waals surface area contributed by atoms with Crippen LogP contribution in [0.4, 0.5) is 8.78 Å². The van der Waals surface area contributed by atoms with Crippen LogP contribution in [0.5, 0.6) is 0 Å². The van der Waals surface area contributed by atoms with E-state index in [1.54, 1.807) is 0 Å². The van der Waals surface area contributed by atoms with Crippen LogP contribution in [0.1, 0.15) is 30.1 Å². The summed E-state index contributed by atoms with van der Waals surface area (Å²) in [5, 5.41) is 3.55. The largest absolute Gasteiger partial charge is 0.349 e. The molecule has 2 nitrogen and oxygen atoms in total. The van der Waals surface area contributed by atoms with Crippen molar-refractivity contribution in [3.8, 4) is 0 Å². The van der Waals surface area contributed by atoms with Crippen molar-refractivity contribution in [3.05, 3.63) is 35.4 Å². The minimum absolute atomic E-state index is 0.0370. The average Bonchev–Trinajstić information content (AvgIpc) is 2.31. The van der Waals surface area contributed by atoms with Gasteiger partial charge in [-0.3, -0.25) is 4.79 Å². The quantitative estimate of drug-likeness (QED) is 0.831. The molecule has 0 aromatic heterocycles. The molecule has 94 valence electrons. The maximum absolute atomic E-state index is 12.9. The van der Waals surface area contributed by atoms with Gasteiger partial charge < -0.3 is 5.32 Å². The molecular weight excluding hydrogens is 292 g/mol. The summed E-state index contributed by atoms with van der Waals surface area (Å²) in [6.45, 7) is 1.96. The van der Waals surface area contributed by atoms with E-state index in [4.69, 9.17) is 0 Å². The van der Waals surface area contributed by atoms with Gasteiger partial charge in [0.1, 0.15) is 0 Å². The standard InChI is InChI=1S/C12H14BrF2NO/c1-2-9(5-6-13)16-12(17)8-3-4-10(14)11(15)7-8/h3-4,7,9H,2,5-6H2,1H3,(H,16,17). The lowest BCUT2D eigenvalue weighted by Crippen LogP contribution is -2.34. The van der Waals surface area contributed by atoms with Crippen molar-refractivity contribution in [1.82, 2.24) is 5.32 Å². The zero-order valence-electron chi connectivity index (χ0n) is 9.47. The first-order valence-electron chi connectivity index (χ1n) is 5.40. The van der Waals surface area contributed by atoms with Gasteiger partial charge in [0.05, 0.1) is 0 Å². The number of carbonyl (C=O) groups is 1. The molecule has 1 atom stereocenters. The fourth-order valence-electron chi connectivity index (χ4n) is 1.42. The lowest BCUT2D eigenvalue weighted by molar-refractivity contribution is 0.0934. The summed E-state index contributed by atoms with van der Waals surface area (Å²) in [7, 11) is 0. The molecule has 1 N–H and O–H groups in total. The van der Waals surface area contributed by atoms with Gasteiger partial charge in [0.15, 0.2) is 11.6 Å². The third-order valence-electron chi connectivity index (χ3n) is 2.47. The second kappa shape index (κ2) is 6.69. The van der Waals surface area contributed by atoms with Crippen molar-refractivity contribution in [3.63, 3.8) is 0 Å². The van der Waals surface area contributed by atoms with E-state index in [9.17, 15) is 13.6 Å². The van der Waals surface area contributed by atoms with Gasteiger partial charge in [0, 0.05) is 16.9 Å². The molecule has 1 rings (SSSR count). The Morgan fingerprint density at radius 1 is 1.41 bits per heavy atom. The van der Waals surface area contributed by atoms with Crippen LogP contribution in [0.3, 0.4) is 0 Å². The van der Waals surface area contributed by atoms with Crippen LogP contribution in [0.2, 0.25) is 0 Å². The third-order valence-corrected chi connectivity index (χ3v) is 2.93. The van der Waals surface area contributed by atoms with Gasteiger partial charge in [-0.2, -0.15) is 0 Å². The molecule has 17 heavy (non-hydrogen) atoms. The smallest absolute Gasteiger partial charge is 0.251 e. The minimum atomic E-state index is -1.01. The Morgan fingerprint density at radius 2 is 2.12 bits per heavy atom. The van der Waals surface area contributed by atoms with Crippen molar-refractivity contribution in [2.75, 3.05) is 5.33 Å². The topological polar surface area (TPSA) is 29.1 Å². The average molecular weight is 306 g/mol. The molecule has 0 saturated heterocycles. The van der Waals surface area contributed by atoms with Gasteiger partial charge in [-0.1, -0.05) is 22.9 Å². The molecule has 0 saturated carbocycles. The highest BCUT2D eigenvalue weighted by Gasteiger charge is 2.13. The number of rotatable bonds is 5. The molecule has 0 aliphatic rings. The molecule has 1 unspecified atom stereocenters. The summed E-state index contributed by atoms with van der Waals surface area (Å²) in [6, 6.07) is 3.17. The van der Waals surface area contributed by atoms with Crippen LogP contribution in [-0.2, 0) is 0 Å². The molecular formula is C12H14BrF2NO. The molecule has 0 bridgehead atoms. The normalized spacial score (nSPS) is 12.2. The van der Waals surface area contributed by atoms with Crippen LogP contribution in [0, 0.1) is 11.6 Å². The Bertz CT molecular complexity index is 398. The summed E-state index contributed by atoms with van der Waals surface area (Å²) in [4.78, 5) is 11.7. The Hall–Kier alpha value is -0.970. The van der Waals surface area contributed by atoms with Crippen molar-refractivity contribution in [2.24, 2.45) is 0 Å². The van der Waals surface area contributed by atoms with Gasteiger partial charge in [-0.25, -0.2) is 8.78 Å². The van der Waals surface area contributed by atoms with E-state index >= 15 is 0 Å². The maximum Gasteiger partial charge on any atom is 0.251 e. The number of nitrogens with one attached hydrogen (secondary N) is 1. The number of carbonyl (C=O) groups excluding carboxylic acids is 1. The molecule has 1 amide bonds. The Balaban J connectivity index is 2.72. The van der Waals surface area contributed by atoms with Crippen molar-refractivity contribution in [1.29, 1.82) is 0 Å². The summed E-state index contributed by atoms with van der Waals surface area (Å²) in [6.07, 6.45) is 1.59. The number of benzene rings is 1. The summed E-state index contributed by atoms with van der Waals surface area (Å²) >= 11 is 3.30. The zero-order chi connectivity index (χ0) is 12.8. The van der Waals surface area contributed by atoms with E-state index in [1.807, 2.05) is 6.92 Å². The Labute approximate surface area is 108 Å². The van der Waals surface area contributed by atoms with Gasteiger partial charge in [0.2, 0.25) is 0 Å². The van der Waals surface area contributed by atoms with Crippen LogP contribution >= 0.6 is 15.9 Å². The SMILES string of the molecule is CCC(CCBr)NC(=O)c1ccc(F)c(F)c1. The molecule has 5 heteroatoms. The second-order valence-corrected chi connectivity index (χ2v) is 4.48. The van der Waals surface area contributed by atoms with Crippen LogP contribution in [0.15, 0.2) is 18.2 Å². The second-order valence-electron chi connectivity index (χ2n) is 3.69. The summed E-state index contributed by atoms with van der Waals surface area (Å²) in [5.74, 6) is -2.34. The van der Waals surface area contributed by atoms with E-state index in [0.717, 1.165) is 30.3 Å². The maximum atomic E-state index is 12.9. The first-order chi connectivity index (χ1) is 8.08. The fraction of sp³-hybridized carbons (Fsp3) is 0.417. The summed E-state index contributed by atoms with van der Waals surface area (Å²) in [5.41, 5.74) is 0.136. The van der Waals surface area contributed by atoms with Crippen LogP contribution in [-0.4, -0.2) is 17.3 Å². The molecule has 0 fully saturated rings. The van der Waals surface area contributed by atoms with E-state index < -0.39 is 11.6 Å². The summed E-state index contributed by atoms with van der Waals surface area (Å²) < 4.78 is 25.6. The zero-order valence-corrected chi connectivity index (χ0v) is 11.1. The first kappa shape index (κ1) is 14.1. The molecule has 0 aliphatic heterocycles. The van der Waals surface area contributed by atoms with E-state index in [1.165, 1.54) is 6.07 Å². The molecule has 0 heterocycles. The number of hydrogen-bond donors (Lipinski definition) is 1. The molecule has 0 aliphatic carbocycles.